The maximum atomic E-state index is 6.45. The van der Waals surface area contributed by atoms with E-state index in [4.69, 9.17) is 16.3 Å². The molecule has 118 valence electrons. The Kier molecular flexibility index (Phi) is 6.34. The van der Waals surface area contributed by atoms with Gasteiger partial charge in [-0.1, -0.05) is 24.6 Å². The summed E-state index contributed by atoms with van der Waals surface area (Å²) in [5.41, 5.74) is 2.40. The Balaban J connectivity index is 2.01. The van der Waals surface area contributed by atoms with Crippen molar-refractivity contribution in [2.45, 2.75) is 39.3 Å². The fraction of sp³-hybridized carbons (Fsp3) is 0.647. The van der Waals surface area contributed by atoms with Gasteiger partial charge in [0.05, 0.1) is 6.61 Å². The lowest BCUT2D eigenvalue weighted by Gasteiger charge is -2.39. The number of methoxy groups -OCH3 is 1. The van der Waals surface area contributed by atoms with Crippen LogP contribution in [0.25, 0.3) is 0 Å². The van der Waals surface area contributed by atoms with Gasteiger partial charge in [0.2, 0.25) is 0 Å². The van der Waals surface area contributed by atoms with Gasteiger partial charge in [-0.2, -0.15) is 0 Å². The number of nitrogens with zero attached hydrogens (tertiary/aromatic N) is 1. The van der Waals surface area contributed by atoms with Crippen LogP contribution < -0.4 is 10.2 Å². The molecule has 0 aromatic heterocycles. The molecule has 0 radical (unpaired) electrons. The van der Waals surface area contributed by atoms with Crippen molar-refractivity contribution in [1.29, 1.82) is 0 Å². The Morgan fingerprint density at radius 3 is 2.90 bits per heavy atom. The second kappa shape index (κ2) is 8.02. The Morgan fingerprint density at radius 2 is 2.19 bits per heavy atom. The topological polar surface area (TPSA) is 24.5 Å². The first-order chi connectivity index (χ1) is 10.1. The van der Waals surface area contributed by atoms with Gasteiger partial charge in [0.15, 0.2) is 0 Å². The zero-order chi connectivity index (χ0) is 15.2. The standard InChI is InChI=1S/C17H27ClN2O/c1-13-5-4-9-20(14(13)2)16-7-6-15(17(18)11-16)12-19-8-10-21-3/h6-7,11,13-14,19H,4-5,8-10,12H2,1-3H3. The van der Waals surface area contributed by atoms with Crippen LogP contribution >= 0.6 is 11.6 Å². The molecule has 2 atom stereocenters. The summed E-state index contributed by atoms with van der Waals surface area (Å²) in [6, 6.07) is 7.04. The van der Waals surface area contributed by atoms with E-state index in [9.17, 15) is 0 Å². The maximum Gasteiger partial charge on any atom is 0.0587 e. The van der Waals surface area contributed by atoms with Gasteiger partial charge in [-0.15, -0.1) is 0 Å². The third-order valence-corrected chi connectivity index (χ3v) is 4.89. The molecule has 0 amide bonds. The largest absolute Gasteiger partial charge is 0.383 e. The highest BCUT2D eigenvalue weighted by Crippen LogP contribution is 2.31. The number of hydrogen-bond acceptors (Lipinski definition) is 3. The average molecular weight is 311 g/mol. The highest BCUT2D eigenvalue weighted by Gasteiger charge is 2.25. The first-order valence-corrected chi connectivity index (χ1v) is 8.26. The van der Waals surface area contributed by atoms with Crippen LogP contribution in [0.1, 0.15) is 32.3 Å². The zero-order valence-electron chi connectivity index (χ0n) is 13.4. The monoisotopic (exact) mass is 310 g/mol. The second-order valence-electron chi connectivity index (χ2n) is 6.00. The number of benzene rings is 1. The average Bonchev–Trinajstić information content (AvgIpc) is 2.48. The summed E-state index contributed by atoms with van der Waals surface area (Å²) < 4.78 is 5.03. The van der Waals surface area contributed by atoms with Crippen molar-refractivity contribution < 1.29 is 4.74 Å². The molecule has 3 nitrogen and oxygen atoms in total. The van der Waals surface area contributed by atoms with Gasteiger partial charge in [-0.05, 0) is 43.4 Å². The molecule has 21 heavy (non-hydrogen) atoms. The molecule has 0 saturated carbocycles. The number of halogens is 1. The molecule has 1 heterocycles. The van der Waals surface area contributed by atoms with Crippen LogP contribution in [0.5, 0.6) is 0 Å². The summed E-state index contributed by atoms with van der Waals surface area (Å²) in [4.78, 5) is 2.49. The van der Waals surface area contributed by atoms with Crippen molar-refractivity contribution in [1.82, 2.24) is 5.32 Å². The molecule has 0 aliphatic carbocycles. The van der Waals surface area contributed by atoms with E-state index in [1.54, 1.807) is 7.11 Å². The van der Waals surface area contributed by atoms with Gasteiger partial charge >= 0.3 is 0 Å². The number of hydrogen-bond donors (Lipinski definition) is 1. The van der Waals surface area contributed by atoms with Gasteiger partial charge in [0, 0.05) is 43.5 Å². The molecule has 1 aromatic rings. The van der Waals surface area contributed by atoms with Crippen molar-refractivity contribution in [3.05, 3.63) is 28.8 Å². The van der Waals surface area contributed by atoms with Crippen molar-refractivity contribution >= 4 is 17.3 Å². The van der Waals surface area contributed by atoms with Crippen LogP contribution in [0.15, 0.2) is 18.2 Å². The van der Waals surface area contributed by atoms with Crippen LogP contribution in [0.3, 0.4) is 0 Å². The maximum absolute atomic E-state index is 6.45. The van der Waals surface area contributed by atoms with Crippen molar-refractivity contribution in [2.75, 3.05) is 31.7 Å². The molecular weight excluding hydrogens is 284 g/mol. The van der Waals surface area contributed by atoms with E-state index in [-0.39, 0.29) is 0 Å². The Bertz CT molecular complexity index is 452. The summed E-state index contributed by atoms with van der Waals surface area (Å²) in [6.07, 6.45) is 2.59. The molecular formula is C17H27ClN2O. The van der Waals surface area contributed by atoms with E-state index in [1.165, 1.54) is 18.5 Å². The van der Waals surface area contributed by atoms with E-state index in [0.29, 0.717) is 6.04 Å². The van der Waals surface area contributed by atoms with Gasteiger partial charge in [0.1, 0.15) is 0 Å². The Morgan fingerprint density at radius 1 is 1.38 bits per heavy atom. The molecule has 1 fully saturated rings. The molecule has 1 aliphatic rings. The lowest BCUT2D eigenvalue weighted by molar-refractivity contribution is 0.199. The molecule has 1 aromatic carbocycles. The van der Waals surface area contributed by atoms with Crippen LogP contribution in [-0.4, -0.2) is 32.8 Å². The Labute approximate surface area is 133 Å². The van der Waals surface area contributed by atoms with Crippen molar-refractivity contribution in [2.24, 2.45) is 5.92 Å². The van der Waals surface area contributed by atoms with E-state index in [0.717, 1.165) is 42.7 Å². The molecule has 0 bridgehead atoms. The van der Waals surface area contributed by atoms with Crippen LogP contribution in [-0.2, 0) is 11.3 Å². The predicted octanol–water partition coefficient (Wildman–Crippen LogP) is 3.70. The SMILES string of the molecule is COCCNCc1ccc(N2CCCC(C)C2C)cc1Cl. The molecule has 1 N–H and O–H groups in total. The molecule has 1 aliphatic heterocycles. The summed E-state index contributed by atoms with van der Waals surface area (Å²) in [5.74, 6) is 0.743. The number of rotatable bonds is 6. The predicted molar refractivity (Wildman–Crippen MR) is 90.2 cm³/mol. The van der Waals surface area contributed by atoms with E-state index < -0.39 is 0 Å². The number of nitrogens with one attached hydrogen (secondary N) is 1. The van der Waals surface area contributed by atoms with Gasteiger partial charge < -0.3 is 15.0 Å². The lowest BCUT2D eigenvalue weighted by Crippen LogP contribution is -2.42. The third-order valence-electron chi connectivity index (χ3n) is 4.54. The zero-order valence-corrected chi connectivity index (χ0v) is 14.1. The lowest BCUT2D eigenvalue weighted by atomic mass is 9.91. The van der Waals surface area contributed by atoms with Crippen LogP contribution in [0, 0.1) is 5.92 Å². The number of anilines is 1. The summed E-state index contributed by atoms with van der Waals surface area (Å²) in [7, 11) is 1.71. The number of piperidine rings is 1. The summed E-state index contributed by atoms with van der Waals surface area (Å²) in [5, 5.41) is 4.19. The summed E-state index contributed by atoms with van der Waals surface area (Å²) in [6.45, 7) is 8.14. The normalized spacial score (nSPS) is 22.6. The van der Waals surface area contributed by atoms with E-state index in [2.05, 4.69) is 42.3 Å². The molecule has 1 saturated heterocycles. The molecule has 2 rings (SSSR count). The quantitative estimate of drug-likeness (QED) is 0.811. The minimum Gasteiger partial charge on any atom is -0.383 e. The fourth-order valence-corrected chi connectivity index (χ4v) is 3.20. The van der Waals surface area contributed by atoms with Gasteiger partial charge in [0.25, 0.3) is 0 Å². The minimum absolute atomic E-state index is 0.584. The highest BCUT2D eigenvalue weighted by atomic mass is 35.5. The third kappa shape index (κ3) is 4.35. The fourth-order valence-electron chi connectivity index (χ4n) is 2.96. The molecule has 0 spiro atoms. The first-order valence-electron chi connectivity index (χ1n) is 7.88. The first kappa shape index (κ1) is 16.6. The van der Waals surface area contributed by atoms with Crippen molar-refractivity contribution in [3.8, 4) is 0 Å². The van der Waals surface area contributed by atoms with E-state index >= 15 is 0 Å². The van der Waals surface area contributed by atoms with Gasteiger partial charge in [-0.25, -0.2) is 0 Å². The Hall–Kier alpha value is -0.770. The van der Waals surface area contributed by atoms with Crippen LogP contribution in [0.4, 0.5) is 5.69 Å². The van der Waals surface area contributed by atoms with E-state index in [1.807, 2.05) is 0 Å². The minimum atomic E-state index is 0.584. The molecule has 2 unspecified atom stereocenters. The van der Waals surface area contributed by atoms with Crippen LogP contribution in [0.2, 0.25) is 5.02 Å². The second-order valence-corrected chi connectivity index (χ2v) is 6.41. The molecule has 4 heteroatoms. The smallest absolute Gasteiger partial charge is 0.0587 e. The number of ether oxygens (including phenoxy) is 1. The van der Waals surface area contributed by atoms with Crippen molar-refractivity contribution in [3.63, 3.8) is 0 Å². The highest BCUT2D eigenvalue weighted by molar-refractivity contribution is 6.31. The van der Waals surface area contributed by atoms with Gasteiger partial charge in [-0.3, -0.25) is 0 Å². The summed E-state index contributed by atoms with van der Waals surface area (Å²) >= 11 is 6.45.